The Labute approximate surface area is 164 Å². The molecule has 1 aromatic carbocycles. The van der Waals surface area contributed by atoms with Crippen molar-refractivity contribution in [3.63, 3.8) is 0 Å². The molecule has 0 bridgehead atoms. The average Bonchev–Trinajstić information content (AvgIpc) is 3.05. The summed E-state index contributed by atoms with van der Waals surface area (Å²) in [6.45, 7) is 5.15. The van der Waals surface area contributed by atoms with E-state index in [-0.39, 0.29) is 35.7 Å². The fourth-order valence-corrected chi connectivity index (χ4v) is 2.09. The number of rotatable bonds is 7. The molecular formula is C17H25FIN5O. The van der Waals surface area contributed by atoms with Gasteiger partial charge in [-0.3, -0.25) is 4.99 Å². The Balaban J connectivity index is 0.00000312. The lowest BCUT2D eigenvalue weighted by molar-refractivity contribution is 0.368. The molecule has 0 saturated carbocycles. The maximum absolute atomic E-state index is 13.6. The summed E-state index contributed by atoms with van der Waals surface area (Å²) in [5, 5.41) is 10.2. The number of nitrogens with one attached hydrogen (secondary N) is 2. The molecule has 8 heteroatoms. The van der Waals surface area contributed by atoms with Gasteiger partial charge in [0.2, 0.25) is 5.89 Å². The van der Waals surface area contributed by atoms with Crippen LogP contribution in [0, 0.1) is 5.82 Å². The van der Waals surface area contributed by atoms with Crippen molar-refractivity contribution < 1.29 is 8.91 Å². The van der Waals surface area contributed by atoms with E-state index >= 15 is 0 Å². The van der Waals surface area contributed by atoms with E-state index in [0.29, 0.717) is 36.9 Å². The molecule has 0 atom stereocenters. The van der Waals surface area contributed by atoms with Crippen LogP contribution in [0.1, 0.15) is 43.5 Å². The molecule has 138 valence electrons. The van der Waals surface area contributed by atoms with E-state index in [1.807, 2.05) is 19.9 Å². The smallest absolute Gasteiger partial charge is 0.226 e. The summed E-state index contributed by atoms with van der Waals surface area (Å²) in [6.07, 6.45) is 1.54. The largest absolute Gasteiger partial charge is 0.356 e. The van der Waals surface area contributed by atoms with Crippen LogP contribution >= 0.6 is 24.0 Å². The third-order valence-corrected chi connectivity index (χ3v) is 3.49. The van der Waals surface area contributed by atoms with E-state index in [0.717, 1.165) is 12.2 Å². The molecule has 0 saturated heterocycles. The molecule has 2 rings (SSSR count). The zero-order valence-electron chi connectivity index (χ0n) is 14.8. The monoisotopic (exact) mass is 461 g/mol. The van der Waals surface area contributed by atoms with Crippen LogP contribution in [0.2, 0.25) is 0 Å². The summed E-state index contributed by atoms with van der Waals surface area (Å²) >= 11 is 0. The van der Waals surface area contributed by atoms with Gasteiger partial charge < -0.3 is 15.2 Å². The number of aryl methyl sites for hydroxylation is 1. The molecule has 0 amide bonds. The molecular weight excluding hydrogens is 436 g/mol. The predicted octanol–water partition coefficient (Wildman–Crippen LogP) is 3.25. The molecule has 6 nitrogen and oxygen atoms in total. The van der Waals surface area contributed by atoms with E-state index < -0.39 is 0 Å². The highest BCUT2D eigenvalue weighted by Crippen LogP contribution is 2.10. The Morgan fingerprint density at radius 2 is 2.04 bits per heavy atom. The summed E-state index contributed by atoms with van der Waals surface area (Å²) in [7, 11) is 1.68. The van der Waals surface area contributed by atoms with E-state index in [9.17, 15) is 4.39 Å². The zero-order valence-corrected chi connectivity index (χ0v) is 17.1. The molecule has 0 aliphatic carbocycles. The normalized spacial score (nSPS) is 11.3. The average molecular weight is 461 g/mol. The molecule has 0 unspecified atom stereocenters. The van der Waals surface area contributed by atoms with Gasteiger partial charge in [-0.25, -0.2) is 4.39 Å². The second-order valence-electron chi connectivity index (χ2n) is 5.75. The van der Waals surface area contributed by atoms with Crippen LogP contribution < -0.4 is 10.6 Å². The maximum atomic E-state index is 13.6. The minimum Gasteiger partial charge on any atom is -0.356 e. The fourth-order valence-electron chi connectivity index (χ4n) is 2.09. The number of aromatic nitrogens is 2. The Morgan fingerprint density at radius 3 is 2.68 bits per heavy atom. The van der Waals surface area contributed by atoms with Gasteiger partial charge in [-0.2, -0.15) is 4.98 Å². The molecule has 0 radical (unpaired) electrons. The molecule has 2 aromatic rings. The van der Waals surface area contributed by atoms with Crippen molar-refractivity contribution >= 4 is 29.9 Å². The minimum absolute atomic E-state index is 0. The van der Waals surface area contributed by atoms with Crippen LogP contribution in [0.25, 0.3) is 0 Å². The van der Waals surface area contributed by atoms with Crippen molar-refractivity contribution in [1.29, 1.82) is 0 Å². The van der Waals surface area contributed by atoms with Gasteiger partial charge in [0.1, 0.15) is 5.82 Å². The minimum atomic E-state index is -0.224. The maximum Gasteiger partial charge on any atom is 0.226 e. The summed E-state index contributed by atoms with van der Waals surface area (Å²) < 4.78 is 18.8. The van der Waals surface area contributed by atoms with Crippen LogP contribution in [0.4, 0.5) is 4.39 Å². The fraction of sp³-hybridized carbons (Fsp3) is 0.471. The quantitative estimate of drug-likeness (QED) is 0.287. The van der Waals surface area contributed by atoms with Gasteiger partial charge in [-0.05, 0) is 12.5 Å². The van der Waals surface area contributed by atoms with Crippen molar-refractivity contribution in [2.75, 3.05) is 13.6 Å². The number of guanidine groups is 1. The number of benzene rings is 1. The van der Waals surface area contributed by atoms with Crippen LogP contribution in [0.5, 0.6) is 0 Å². The second-order valence-corrected chi connectivity index (χ2v) is 5.75. The van der Waals surface area contributed by atoms with Crippen molar-refractivity contribution in [3.8, 4) is 0 Å². The van der Waals surface area contributed by atoms with Crippen molar-refractivity contribution in [3.05, 3.63) is 47.4 Å². The van der Waals surface area contributed by atoms with Crippen molar-refractivity contribution in [2.24, 2.45) is 4.99 Å². The van der Waals surface area contributed by atoms with Gasteiger partial charge >= 0.3 is 0 Å². The Kier molecular flexibility index (Phi) is 9.40. The third-order valence-electron chi connectivity index (χ3n) is 3.49. The lowest BCUT2D eigenvalue weighted by Gasteiger charge is -2.11. The topological polar surface area (TPSA) is 75.3 Å². The van der Waals surface area contributed by atoms with E-state index in [4.69, 9.17) is 4.52 Å². The van der Waals surface area contributed by atoms with Gasteiger partial charge in [0.25, 0.3) is 0 Å². The first-order valence-electron chi connectivity index (χ1n) is 8.10. The number of hydrogen-bond acceptors (Lipinski definition) is 4. The molecule has 1 aromatic heterocycles. The summed E-state index contributed by atoms with van der Waals surface area (Å²) in [6, 6.07) is 6.68. The SMILES string of the molecule is CN=C(NCCCc1nc(C(C)C)no1)NCc1ccccc1F.I. The van der Waals surface area contributed by atoms with Crippen LogP contribution in [-0.4, -0.2) is 29.7 Å². The van der Waals surface area contributed by atoms with Gasteiger partial charge in [0.15, 0.2) is 11.8 Å². The second kappa shape index (κ2) is 11.0. The first-order chi connectivity index (χ1) is 11.6. The number of nitrogens with zero attached hydrogens (tertiary/aromatic N) is 3. The summed E-state index contributed by atoms with van der Waals surface area (Å²) in [5.41, 5.74) is 0.604. The molecule has 0 fully saturated rings. The van der Waals surface area contributed by atoms with Gasteiger partial charge in [0, 0.05) is 38.0 Å². The van der Waals surface area contributed by atoms with Gasteiger partial charge in [-0.1, -0.05) is 37.2 Å². The summed E-state index contributed by atoms with van der Waals surface area (Å²) in [4.78, 5) is 8.46. The Bertz CT molecular complexity index is 675. The first-order valence-corrected chi connectivity index (χ1v) is 8.10. The van der Waals surface area contributed by atoms with Crippen molar-refractivity contribution in [1.82, 2.24) is 20.8 Å². The lowest BCUT2D eigenvalue weighted by atomic mass is 10.2. The molecule has 2 N–H and O–H groups in total. The predicted molar refractivity (Wildman–Crippen MR) is 107 cm³/mol. The zero-order chi connectivity index (χ0) is 17.4. The van der Waals surface area contributed by atoms with Gasteiger partial charge in [0.05, 0.1) is 0 Å². The van der Waals surface area contributed by atoms with E-state index in [1.54, 1.807) is 19.2 Å². The molecule has 1 heterocycles. The molecule has 0 aliphatic rings. The number of aliphatic imine (C=N–C) groups is 1. The highest BCUT2D eigenvalue weighted by molar-refractivity contribution is 14.0. The Hall–Kier alpha value is -1.71. The number of halogens is 2. The standard InChI is InChI=1S/C17H24FN5O.HI/c1-12(2)16-22-15(24-23-16)9-6-10-20-17(19-3)21-11-13-7-4-5-8-14(13)18;/h4-5,7-8,12H,6,9-11H2,1-3H3,(H2,19,20,21);1H. The highest BCUT2D eigenvalue weighted by atomic mass is 127. The van der Waals surface area contributed by atoms with Crippen LogP contribution in [0.15, 0.2) is 33.8 Å². The van der Waals surface area contributed by atoms with Gasteiger partial charge in [-0.15, -0.1) is 24.0 Å². The molecule has 25 heavy (non-hydrogen) atoms. The van der Waals surface area contributed by atoms with Crippen molar-refractivity contribution in [2.45, 2.75) is 39.2 Å². The highest BCUT2D eigenvalue weighted by Gasteiger charge is 2.09. The molecule has 0 spiro atoms. The van der Waals surface area contributed by atoms with E-state index in [2.05, 4.69) is 25.8 Å². The van der Waals surface area contributed by atoms with Crippen LogP contribution in [-0.2, 0) is 13.0 Å². The third kappa shape index (κ3) is 6.97. The van der Waals surface area contributed by atoms with E-state index in [1.165, 1.54) is 6.07 Å². The summed E-state index contributed by atoms with van der Waals surface area (Å²) in [5.74, 6) is 2.06. The Morgan fingerprint density at radius 1 is 1.28 bits per heavy atom. The molecule has 0 aliphatic heterocycles. The number of hydrogen-bond donors (Lipinski definition) is 2. The lowest BCUT2D eigenvalue weighted by Crippen LogP contribution is -2.37. The van der Waals surface area contributed by atoms with Crippen LogP contribution in [0.3, 0.4) is 0 Å². The first kappa shape index (κ1) is 21.3.